The molecule has 0 fully saturated rings. The summed E-state index contributed by atoms with van der Waals surface area (Å²) in [7, 11) is 1.56. The fourth-order valence-corrected chi connectivity index (χ4v) is 3.24. The number of amides is 2. The number of halogens is 3. The van der Waals surface area contributed by atoms with Gasteiger partial charge in [0.15, 0.2) is 0 Å². The van der Waals surface area contributed by atoms with E-state index >= 15 is 0 Å². The fraction of sp³-hybridized carbons (Fsp3) is 0.208. The van der Waals surface area contributed by atoms with E-state index < -0.39 is 11.7 Å². The number of benzene rings is 2. The number of nitrogens with one attached hydrogen (secondary N) is 1. The number of aromatic nitrogens is 1. The summed E-state index contributed by atoms with van der Waals surface area (Å²) in [5.41, 5.74) is 1.24. The molecular weight excluding hydrogens is 419 g/mol. The third-order valence-corrected chi connectivity index (χ3v) is 4.86. The molecule has 0 aliphatic heterocycles. The van der Waals surface area contributed by atoms with Crippen molar-refractivity contribution in [1.29, 1.82) is 0 Å². The Morgan fingerprint density at radius 3 is 2.56 bits per heavy atom. The number of nitrogens with zero attached hydrogens (tertiary/aromatic N) is 2. The molecule has 0 atom stereocenters. The van der Waals surface area contributed by atoms with E-state index in [4.69, 9.17) is 4.74 Å². The molecule has 0 saturated carbocycles. The minimum atomic E-state index is -4.39. The molecular formula is C24H24F3N3O2. The zero-order chi connectivity index (χ0) is 23.1. The monoisotopic (exact) mass is 443 g/mol. The maximum absolute atomic E-state index is 13.0. The van der Waals surface area contributed by atoms with Crippen LogP contribution in [0.1, 0.15) is 16.8 Å². The van der Waals surface area contributed by atoms with Gasteiger partial charge in [0.05, 0.1) is 19.2 Å². The predicted molar refractivity (Wildman–Crippen MR) is 118 cm³/mol. The van der Waals surface area contributed by atoms with Gasteiger partial charge in [-0.05, 0) is 54.1 Å². The van der Waals surface area contributed by atoms with Crippen LogP contribution in [0.15, 0.2) is 79.5 Å². The molecule has 1 aromatic heterocycles. The van der Waals surface area contributed by atoms with Crippen LogP contribution in [-0.4, -0.2) is 29.2 Å². The quantitative estimate of drug-likeness (QED) is 0.449. The molecule has 32 heavy (non-hydrogen) atoms. The van der Waals surface area contributed by atoms with Crippen molar-refractivity contribution in [3.05, 3.63) is 96.3 Å². The molecule has 1 heterocycles. The average Bonchev–Trinajstić information content (AvgIpc) is 3.20. The molecule has 5 nitrogen and oxygen atoms in total. The summed E-state index contributed by atoms with van der Waals surface area (Å²) in [5, 5.41) is 2.83. The van der Waals surface area contributed by atoms with Crippen LogP contribution in [0.3, 0.4) is 0 Å². The Labute approximate surface area is 184 Å². The normalized spacial score (nSPS) is 11.1. The first kappa shape index (κ1) is 23.0. The van der Waals surface area contributed by atoms with Gasteiger partial charge in [0.1, 0.15) is 5.75 Å². The number of anilines is 1. The van der Waals surface area contributed by atoms with Crippen molar-refractivity contribution in [3.63, 3.8) is 0 Å². The van der Waals surface area contributed by atoms with Gasteiger partial charge in [-0.15, -0.1) is 6.58 Å². The molecule has 0 spiro atoms. The molecule has 8 heteroatoms. The van der Waals surface area contributed by atoms with Crippen molar-refractivity contribution in [3.8, 4) is 5.75 Å². The SMILES string of the molecule is C=CCN(Cc1cccn1Cc1cccc(C(F)(F)F)c1)C(=O)Nc1ccc(OC)cc1. The lowest BCUT2D eigenvalue weighted by Crippen LogP contribution is -2.35. The smallest absolute Gasteiger partial charge is 0.416 e. The van der Waals surface area contributed by atoms with Gasteiger partial charge in [-0.2, -0.15) is 13.2 Å². The number of hydrogen-bond acceptors (Lipinski definition) is 2. The van der Waals surface area contributed by atoms with Crippen molar-refractivity contribution in [2.24, 2.45) is 0 Å². The maximum atomic E-state index is 13.0. The summed E-state index contributed by atoms with van der Waals surface area (Å²) in [5.74, 6) is 0.679. The second kappa shape index (κ2) is 10.1. The van der Waals surface area contributed by atoms with E-state index in [-0.39, 0.29) is 19.1 Å². The van der Waals surface area contributed by atoms with Gasteiger partial charge in [0.2, 0.25) is 0 Å². The molecule has 0 saturated heterocycles. The van der Waals surface area contributed by atoms with E-state index in [1.807, 2.05) is 10.6 Å². The van der Waals surface area contributed by atoms with Crippen LogP contribution in [0.5, 0.6) is 5.75 Å². The maximum Gasteiger partial charge on any atom is 0.416 e. The minimum absolute atomic E-state index is 0.258. The second-order valence-corrected chi connectivity index (χ2v) is 7.15. The first-order valence-corrected chi connectivity index (χ1v) is 9.91. The first-order chi connectivity index (χ1) is 15.3. The molecule has 0 bridgehead atoms. The number of alkyl halides is 3. The van der Waals surface area contributed by atoms with Gasteiger partial charge < -0.3 is 19.5 Å². The van der Waals surface area contributed by atoms with E-state index in [0.29, 0.717) is 23.5 Å². The Bertz CT molecular complexity index is 1060. The van der Waals surface area contributed by atoms with Crippen LogP contribution in [0.25, 0.3) is 0 Å². The molecule has 0 radical (unpaired) electrons. The van der Waals surface area contributed by atoms with Gasteiger partial charge in [-0.25, -0.2) is 4.79 Å². The lowest BCUT2D eigenvalue weighted by molar-refractivity contribution is -0.137. The molecule has 3 aromatic rings. The largest absolute Gasteiger partial charge is 0.497 e. The number of ether oxygens (including phenoxy) is 1. The van der Waals surface area contributed by atoms with E-state index in [1.54, 1.807) is 60.7 Å². The highest BCUT2D eigenvalue weighted by atomic mass is 19.4. The van der Waals surface area contributed by atoms with Crippen LogP contribution >= 0.6 is 0 Å². The van der Waals surface area contributed by atoms with E-state index in [0.717, 1.165) is 17.8 Å². The van der Waals surface area contributed by atoms with Crippen molar-refractivity contribution in [2.75, 3.05) is 19.0 Å². The average molecular weight is 443 g/mol. The van der Waals surface area contributed by atoms with Gasteiger partial charge in [-0.1, -0.05) is 18.2 Å². The number of urea groups is 1. The first-order valence-electron chi connectivity index (χ1n) is 9.91. The van der Waals surface area contributed by atoms with Crippen molar-refractivity contribution in [1.82, 2.24) is 9.47 Å². The summed E-state index contributed by atoms with van der Waals surface area (Å²) in [6.45, 7) is 4.54. The summed E-state index contributed by atoms with van der Waals surface area (Å²) in [4.78, 5) is 14.4. The lowest BCUT2D eigenvalue weighted by Gasteiger charge is -2.23. The third kappa shape index (κ3) is 5.94. The number of carbonyl (C=O) groups excluding carboxylic acids is 1. The molecule has 2 aromatic carbocycles. The van der Waals surface area contributed by atoms with Crippen LogP contribution in [0.4, 0.5) is 23.7 Å². The van der Waals surface area contributed by atoms with E-state index in [2.05, 4.69) is 11.9 Å². The van der Waals surface area contributed by atoms with E-state index in [1.165, 1.54) is 6.07 Å². The lowest BCUT2D eigenvalue weighted by atomic mass is 10.1. The van der Waals surface area contributed by atoms with Crippen molar-refractivity contribution in [2.45, 2.75) is 19.3 Å². The summed E-state index contributed by atoms with van der Waals surface area (Å²) < 4.78 is 46.0. The number of methoxy groups -OCH3 is 1. The summed E-state index contributed by atoms with van der Waals surface area (Å²) >= 11 is 0. The number of carbonyl (C=O) groups is 1. The molecule has 0 unspecified atom stereocenters. The molecule has 1 N–H and O–H groups in total. The standard InChI is InChI=1S/C24H24F3N3O2/c1-3-13-30(23(31)28-20-9-11-22(32-2)12-10-20)17-21-8-5-14-29(21)16-18-6-4-7-19(15-18)24(25,26)27/h3-12,14-15H,1,13,16-17H2,2H3,(H,28,31). The van der Waals surface area contributed by atoms with Crippen molar-refractivity contribution >= 4 is 11.7 Å². The molecule has 0 aliphatic carbocycles. The zero-order valence-corrected chi connectivity index (χ0v) is 17.6. The predicted octanol–water partition coefficient (Wildman–Crippen LogP) is 5.78. The van der Waals surface area contributed by atoms with Crippen LogP contribution < -0.4 is 10.1 Å². The highest BCUT2D eigenvalue weighted by Crippen LogP contribution is 2.29. The fourth-order valence-electron chi connectivity index (χ4n) is 3.24. The Kier molecular flexibility index (Phi) is 7.25. The molecule has 2 amide bonds. The molecule has 0 aliphatic rings. The van der Waals surface area contributed by atoms with Crippen LogP contribution in [0.2, 0.25) is 0 Å². The highest BCUT2D eigenvalue weighted by Gasteiger charge is 2.30. The van der Waals surface area contributed by atoms with Crippen LogP contribution in [-0.2, 0) is 19.3 Å². The topological polar surface area (TPSA) is 46.5 Å². The number of rotatable bonds is 8. The Hall–Kier alpha value is -3.68. The zero-order valence-electron chi connectivity index (χ0n) is 17.6. The minimum Gasteiger partial charge on any atom is -0.497 e. The van der Waals surface area contributed by atoms with Crippen LogP contribution in [0, 0.1) is 0 Å². The molecule has 168 valence electrons. The van der Waals surface area contributed by atoms with Crippen molar-refractivity contribution < 1.29 is 22.7 Å². The highest BCUT2D eigenvalue weighted by molar-refractivity contribution is 5.89. The summed E-state index contributed by atoms with van der Waals surface area (Å²) in [6.07, 6.45) is -0.993. The number of hydrogen-bond donors (Lipinski definition) is 1. The van der Waals surface area contributed by atoms with Gasteiger partial charge >= 0.3 is 12.2 Å². The third-order valence-electron chi connectivity index (χ3n) is 4.86. The Balaban J connectivity index is 1.73. The van der Waals surface area contributed by atoms with Gasteiger partial charge in [0, 0.05) is 30.7 Å². The second-order valence-electron chi connectivity index (χ2n) is 7.15. The molecule has 3 rings (SSSR count). The van der Waals surface area contributed by atoms with Gasteiger partial charge in [-0.3, -0.25) is 0 Å². The van der Waals surface area contributed by atoms with Gasteiger partial charge in [0.25, 0.3) is 0 Å². The Morgan fingerprint density at radius 2 is 1.91 bits per heavy atom. The van der Waals surface area contributed by atoms with E-state index in [9.17, 15) is 18.0 Å². The Morgan fingerprint density at radius 1 is 1.16 bits per heavy atom. The summed E-state index contributed by atoms with van der Waals surface area (Å²) in [6, 6.07) is 15.5.